The van der Waals surface area contributed by atoms with Gasteiger partial charge < -0.3 is 14.1 Å². The molecule has 7 heteroatoms. The molecule has 2 aliphatic rings. The minimum absolute atomic E-state index is 0. The number of carbonyl (C=O) groups is 1. The fourth-order valence-electron chi connectivity index (χ4n) is 3.55. The lowest BCUT2D eigenvalue weighted by Crippen LogP contribution is -2.46. The van der Waals surface area contributed by atoms with E-state index < -0.39 is 14.6 Å². The number of hydrogen-bond donors (Lipinski definition) is 0. The van der Waals surface area contributed by atoms with Gasteiger partial charge in [-0.1, -0.05) is 28.2 Å². The molecule has 0 aromatic heterocycles. The number of ether oxygens (including phenoxy) is 1. The first-order valence-corrected chi connectivity index (χ1v) is 13.9. The zero-order valence-electron chi connectivity index (χ0n) is 19.7. The predicted octanol–water partition coefficient (Wildman–Crippen LogP) is 6.58. The van der Waals surface area contributed by atoms with Crippen molar-refractivity contribution in [1.82, 2.24) is 4.90 Å². The number of benzene rings is 1. The van der Waals surface area contributed by atoms with Gasteiger partial charge in [-0.2, -0.15) is 5.26 Å². The van der Waals surface area contributed by atoms with Crippen LogP contribution in [0.15, 0.2) is 29.2 Å². The quantitative estimate of drug-likeness (QED) is 0.453. The van der Waals surface area contributed by atoms with Crippen LogP contribution >= 0.6 is 11.8 Å². The second-order valence-electron chi connectivity index (χ2n) is 10.6. The number of rotatable bonds is 2. The van der Waals surface area contributed by atoms with E-state index >= 15 is 0 Å². The van der Waals surface area contributed by atoms with Crippen molar-refractivity contribution in [1.29, 1.82) is 5.26 Å². The van der Waals surface area contributed by atoms with Gasteiger partial charge >= 0.3 is 6.09 Å². The summed E-state index contributed by atoms with van der Waals surface area (Å²) in [4.78, 5) is 15.5. The zero-order chi connectivity index (χ0) is 23.0. The first kappa shape index (κ1) is 26.3. The van der Waals surface area contributed by atoms with Crippen LogP contribution in [0, 0.1) is 11.3 Å². The van der Waals surface area contributed by atoms with Gasteiger partial charge in [0, 0.05) is 28.3 Å². The highest BCUT2D eigenvalue weighted by molar-refractivity contribution is 8.01. The first-order valence-electron chi connectivity index (χ1n) is 10.9. The Hall–Kier alpha value is -1.91. The summed E-state index contributed by atoms with van der Waals surface area (Å²) >= 11 is 1.84. The molecule has 0 aliphatic carbocycles. The predicted molar refractivity (Wildman–Crippen MR) is 135 cm³/mol. The van der Waals surface area contributed by atoms with Gasteiger partial charge in [0.15, 0.2) is 0 Å². The van der Waals surface area contributed by atoms with Crippen LogP contribution in [0.1, 0.15) is 72.9 Å². The van der Waals surface area contributed by atoms with Gasteiger partial charge in [-0.25, -0.2) is 4.79 Å². The Balaban J connectivity index is 0.00000363. The van der Waals surface area contributed by atoms with Crippen LogP contribution in [0.2, 0.25) is 11.6 Å². The molecule has 1 aromatic carbocycles. The van der Waals surface area contributed by atoms with E-state index in [1.807, 2.05) is 55.6 Å². The number of carbonyl (C=O) groups excluding carboxylic acids is 1. The van der Waals surface area contributed by atoms with Gasteiger partial charge in [0.1, 0.15) is 11.4 Å². The Morgan fingerprint density at radius 3 is 2.34 bits per heavy atom. The van der Waals surface area contributed by atoms with E-state index in [-0.39, 0.29) is 23.3 Å². The molecule has 1 atom stereocenters. The van der Waals surface area contributed by atoms with E-state index in [1.54, 1.807) is 0 Å². The highest BCUT2D eigenvalue weighted by atomic mass is 32.2. The van der Waals surface area contributed by atoms with Crippen LogP contribution in [0.5, 0.6) is 0 Å². The molecule has 1 unspecified atom stereocenters. The Morgan fingerprint density at radius 2 is 1.81 bits per heavy atom. The Labute approximate surface area is 199 Å². The standard InChI is InChI=1S/C24H34N2O3SSi.CH4/c1-22(2,3)28-21(27)26-12-10-24(11-13-26)15-19(29-31(7)23(4,5)6)18-14-17(16-25)8-9-20(18)30-24;/h8-9,14-15,31H,10-13H2,1-7H3;1H4. The average molecular weight is 475 g/mol. The summed E-state index contributed by atoms with van der Waals surface area (Å²) in [6.45, 7) is 15.9. The maximum absolute atomic E-state index is 12.5. The lowest BCUT2D eigenvalue weighted by atomic mass is 9.93. The third-order valence-corrected chi connectivity index (χ3v) is 10.4. The van der Waals surface area contributed by atoms with Crippen molar-refractivity contribution in [2.24, 2.45) is 0 Å². The van der Waals surface area contributed by atoms with Gasteiger partial charge in [-0.3, -0.25) is 0 Å². The maximum Gasteiger partial charge on any atom is 0.410 e. The number of piperidine rings is 1. The third kappa shape index (κ3) is 6.11. The van der Waals surface area contributed by atoms with Gasteiger partial charge in [-0.05, 0) is 69.5 Å². The minimum Gasteiger partial charge on any atom is -0.546 e. The smallest absolute Gasteiger partial charge is 0.410 e. The Morgan fingerprint density at radius 1 is 1.19 bits per heavy atom. The van der Waals surface area contributed by atoms with Crippen LogP contribution in [-0.2, 0) is 9.16 Å². The molecule has 3 rings (SSSR count). The van der Waals surface area contributed by atoms with Crippen molar-refractivity contribution in [2.45, 2.75) is 88.6 Å². The van der Waals surface area contributed by atoms with E-state index in [4.69, 9.17) is 9.16 Å². The maximum atomic E-state index is 12.5. The molecule has 0 bridgehead atoms. The molecule has 0 saturated carbocycles. The fourth-order valence-corrected chi connectivity index (χ4v) is 5.88. The van der Waals surface area contributed by atoms with Crippen molar-refractivity contribution in [2.75, 3.05) is 13.1 Å². The lowest BCUT2D eigenvalue weighted by molar-refractivity contribution is 0.0207. The summed E-state index contributed by atoms with van der Waals surface area (Å²) in [6.07, 6.45) is 3.71. The molecule has 1 amide bonds. The van der Waals surface area contributed by atoms with Crippen molar-refractivity contribution in [3.8, 4) is 6.07 Å². The number of hydrogen-bond acceptors (Lipinski definition) is 5. The van der Waals surface area contributed by atoms with Gasteiger partial charge in [-0.15, -0.1) is 11.8 Å². The monoisotopic (exact) mass is 474 g/mol. The largest absolute Gasteiger partial charge is 0.546 e. The first-order chi connectivity index (χ1) is 14.3. The molecule has 0 radical (unpaired) electrons. The number of thioether (sulfide) groups is 1. The van der Waals surface area contributed by atoms with Gasteiger partial charge in [0.2, 0.25) is 9.04 Å². The van der Waals surface area contributed by atoms with Crippen molar-refractivity contribution >= 4 is 32.7 Å². The summed E-state index contributed by atoms with van der Waals surface area (Å²) in [5, 5.41) is 9.51. The molecule has 176 valence electrons. The molecular weight excluding hydrogens is 436 g/mol. The van der Waals surface area contributed by atoms with E-state index in [0.29, 0.717) is 18.7 Å². The van der Waals surface area contributed by atoms with Gasteiger partial charge in [0.25, 0.3) is 0 Å². The summed E-state index contributed by atoms with van der Waals surface area (Å²) in [6, 6.07) is 8.12. The van der Waals surface area contributed by atoms with Crippen LogP contribution in [0.4, 0.5) is 4.79 Å². The van der Waals surface area contributed by atoms with Crippen LogP contribution in [-0.4, -0.2) is 43.5 Å². The Kier molecular flexibility index (Phi) is 7.84. The molecular formula is C25H38N2O3SSi. The van der Waals surface area contributed by atoms with E-state index in [2.05, 4.69) is 39.5 Å². The second kappa shape index (κ2) is 9.52. The van der Waals surface area contributed by atoms with Crippen LogP contribution in [0.3, 0.4) is 0 Å². The molecule has 1 fully saturated rings. The summed E-state index contributed by atoms with van der Waals surface area (Å²) in [5.41, 5.74) is 1.18. The molecule has 0 N–H and O–H groups in total. The third-order valence-electron chi connectivity index (χ3n) is 5.87. The zero-order valence-corrected chi connectivity index (χ0v) is 21.7. The molecule has 5 nitrogen and oxygen atoms in total. The Bertz CT molecular complexity index is 917. The number of nitriles is 1. The van der Waals surface area contributed by atoms with E-state index in [1.165, 1.54) is 0 Å². The summed E-state index contributed by atoms with van der Waals surface area (Å²) < 4.78 is 12.1. The number of nitrogens with zero attached hydrogens (tertiary/aromatic N) is 2. The van der Waals surface area contributed by atoms with Crippen molar-refractivity contribution < 1.29 is 14.0 Å². The molecule has 1 saturated heterocycles. The summed E-state index contributed by atoms with van der Waals surface area (Å²) in [7, 11) is -1.52. The SMILES string of the molecule is C.C[SiH](OC1=CC2(CCN(C(=O)OC(C)(C)C)CC2)Sc2ccc(C#N)cc21)C(C)(C)C. The molecule has 2 aliphatic heterocycles. The van der Waals surface area contributed by atoms with Crippen LogP contribution in [0.25, 0.3) is 5.76 Å². The lowest BCUT2D eigenvalue weighted by Gasteiger charge is -2.43. The molecule has 32 heavy (non-hydrogen) atoms. The number of fused-ring (bicyclic) bond motifs is 1. The second-order valence-corrected chi connectivity index (χ2v) is 15.3. The molecule has 1 aromatic rings. The highest BCUT2D eigenvalue weighted by Gasteiger charge is 2.41. The fraction of sp³-hybridized carbons (Fsp3) is 0.600. The van der Waals surface area contributed by atoms with Gasteiger partial charge in [0.05, 0.1) is 11.6 Å². The van der Waals surface area contributed by atoms with Crippen LogP contribution < -0.4 is 0 Å². The molecule has 1 spiro atoms. The topological polar surface area (TPSA) is 62.6 Å². The van der Waals surface area contributed by atoms with E-state index in [0.717, 1.165) is 29.1 Å². The van der Waals surface area contributed by atoms with E-state index in [9.17, 15) is 10.1 Å². The highest BCUT2D eigenvalue weighted by Crippen LogP contribution is 2.50. The average Bonchev–Trinajstić information content (AvgIpc) is 2.66. The number of amides is 1. The van der Waals surface area contributed by atoms with Crippen molar-refractivity contribution in [3.05, 3.63) is 35.4 Å². The normalized spacial score (nSPS) is 18.6. The number of likely N-dealkylation sites (tertiary alicyclic amines) is 1. The minimum atomic E-state index is -1.52. The molecule has 2 heterocycles. The summed E-state index contributed by atoms with van der Waals surface area (Å²) in [5.74, 6) is 0.908. The van der Waals surface area contributed by atoms with Crippen molar-refractivity contribution in [3.63, 3.8) is 0 Å².